The van der Waals surface area contributed by atoms with Gasteiger partial charge in [-0.25, -0.2) is 4.79 Å². The van der Waals surface area contributed by atoms with Crippen LogP contribution in [0.3, 0.4) is 0 Å². The van der Waals surface area contributed by atoms with Crippen molar-refractivity contribution in [2.75, 3.05) is 19.6 Å². The van der Waals surface area contributed by atoms with E-state index in [9.17, 15) is 4.79 Å². The van der Waals surface area contributed by atoms with Crippen molar-refractivity contribution < 1.29 is 9.53 Å². The fourth-order valence-electron chi connectivity index (χ4n) is 4.20. The van der Waals surface area contributed by atoms with E-state index in [1.807, 2.05) is 4.90 Å². The van der Waals surface area contributed by atoms with E-state index in [-0.39, 0.29) is 6.03 Å². The smallest absolute Gasteiger partial charge is 0.317 e. The van der Waals surface area contributed by atoms with Crippen molar-refractivity contribution in [2.45, 2.75) is 58.7 Å². The molecule has 0 aliphatic carbocycles. The molecule has 2 aliphatic heterocycles. The summed E-state index contributed by atoms with van der Waals surface area (Å²) in [6, 6.07) is 8.84. The number of benzene rings is 1. The van der Waals surface area contributed by atoms with Crippen molar-refractivity contribution in [3.63, 3.8) is 0 Å². The Morgan fingerprint density at radius 1 is 1.12 bits per heavy atom. The zero-order valence-corrected chi connectivity index (χ0v) is 15.8. The van der Waals surface area contributed by atoms with Gasteiger partial charge < -0.3 is 15.0 Å². The lowest BCUT2D eigenvalue weighted by Gasteiger charge is -2.39. The molecule has 0 saturated carbocycles. The van der Waals surface area contributed by atoms with Crippen LogP contribution < -0.4 is 5.32 Å². The number of carbonyl (C=O) groups excluding carboxylic acids is 1. The number of nitrogens with zero attached hydrogens (tertiary/aromatic N) is 1. The van der Waals surface area contributed by atoms with E-state index in [4.69, 9.17) is 4.74 Å². The number of likely N-dealkylation sites (tertiary alicyclic amines) is 1. The third-order valence-electron chi connectivity index (χ3n) is 5.51. The van der Waals surface area contributed by atoms with E-state index >= 15 is 0 Å². The minimum atomic E-state index is 0.105. The van der Waals surface area contributed by atoms with Crippen LogP contribution >= 0.6 is 0 Å². The number of aryl methyl sites for hydroxylation is 1. The Hall–Kier alpha value is -1.55. The number of rotatable bonds is 5. The number of ether oxygens (including phenoxy) is 1. The van der Waals surface area contributed by atoms with Gasteiger partial charge in [0.05, 0.1) is 12.2 Å². The summed E-state index contributed by atoms with van der Waals surface area (Å²) in [6.07, 6.45) is 5.06. The fourth-order valence-corrected chi connectivity index (χ4v) is 4.20. The summed E-state index contributed by atoms with van der Waals surface area (Å²) in [4.78, 5) is 14.2. The van der Waals surface area contributed by atoms with E-state index in [2.05, 4.69) is 50.4 Å². The molecule has 0 aromatic heterocycles. The van der Waals surface area contributed by atoms with E-state index in [0.29, 0.717) is 24.0 Å². The summed E-state index contributed by atoms with van der Waals surface area (Å²) in [5.74, 6) is 1.27. The standard InChI is InChI=1S/C21H32N2O2/c1-15-4-6-18(7-5-15)12-20-13-23(14-20)21(24)22-9-8-19-10-16(2)25-17(3)11-19/h4-7,16-17,19-20H,8-14H2,1-3H3,(H,22,24). The number of urea groups is 1. The summed E-state index contributed by atoms with van der Waals surface area (Å²) in [5, 5.41) is 3.10. The largest absolute Gasteiger partial charge is 0.376 e. The van der Waals surface area contributed by atoms with Crippen LogP contribution in [0.2, 0.25) is 0 Å². The van der Waals surface area contributed by atoms with Gasteiger partial charge in [-0.1, -0.05) is 29.8 Å². The highest BCUT2D eigenvalue weighted by atomic mass is 16.5. The lowest BCUT2D eigenvalue weighted by atomic mass is 9.90. The first-order valence-corrected chi connectivity index (χ1v) is 9.73. The molecule has 1 aromatic rings. The maximum atomic E-state index is 12.2. The topological polar surface area (TPSA) is 41.6 Å². The van der Waals surface area contributed by atoms with Crippen LogP contribution in [-0.2, 0) is 11.2 Å². The first-order chi connectivity index (χ1) is 12.0. The summed E-state index contributed by atoms with van der Waals surface area (Å²) >= 11 is 0. The highest BCUT2D eigenvalue weighted by Crippen LogP contribution is 2.27. The second-order valence-corrected chi connectivity index (χ2v) is 8.08. The Balaban J connectivity index is 1.32. The van der Waals surface area contributed by atoms with E-state index < -0.39 is 0 Å². The lowest BCUT2D eigenvalue weighted by Crippen LogP contribution is -2.54. The second kappa shape index (κ2) is 8.22. The summed E-state index contributed by atoms with van der Waals surface area (Å²) in [6.45, 7) is 8.95. The minimum Gasteiger partial charge on any atom is -0.376 e. The number of amides is 2. The average molecular weight is 344 g/mol. The monoisotopic (exact) mass is 344 g/mol. The number of hydrogen-bond donors (Lipinski definition) is 1. The highest BCUT2D eigenvalue weighted by molar-refractivity contribution is 5.75. The van der Waals surface area contributed by atoms with Crippen molar-refractivity contribution in [2.24, 2.45) is 11.8 Å². The molecule has 3 rings (SSSR count). The van der Waals surface area contributed by atoms with Crippen LogP contribution in [0.4, 0.5) is 4.79 Å². The van der Waals surface area contributed by atoms with Gasteiger partial charge in [-0.05, 0) is 63.9 Å². The van der Waals surface area contributed by atoms with Gasteiger partial charge >= 0.3 is 6.03 Å². The van der Waals surface area contributed by atoms with Crippen LogP contribution in [0.5, 0.6) is 0 Å². The van der Waals surface area contributed by atoms with Crippen molar-refractivity contribution in [3.05, 3.63) is 35.4 Å². The van der Waals surface area contributed by atoms with Crippen LogP contribution in [0.25, 0.3) is 0 Å². The van der Waals surface area contributed by atoms with Gasteiger partial charge in [0.1, 0.15) is 0 Å². The Bertz CT molecular complexity index is 556. The Kier molecular flexibility index (Phi) is 6.00. The van der Waals surface area contributed by atoms with Gasteiger partial charge in [-0.2, -0.15) is 0 Å². The molecule has 138 valence electrons. The third kappa shape index (κ3) is 5.21. The summed E-state index contributed by atoms with van der Waals surface area (Å²) in [5.41, 5.74) is 2.67. The lowest BCUT2D eigenvalue weighted by molar-refractivity contribution is -0.0531. The second-order valence-electron chi connectivity index (χ2n) is 8.08. The van der Waals surface area contributed by atoms with E-state index in [1.165, 1.54) is 11.1 Å². The molecule has 1 N–H and O–H groups in total. The molecular weight excluding hydrogens is 312 g/mol. The maximum Gasteiger partial charge on any atom is 0.317 e. The van der Waals surface area contributed by atoms with Crippen molar-refractivity contribution in [3.8, 4) is 0 Å². The molecule has 4 nitrogen and oxygen atoms in total. The zero-order chi connectivity index (χ0) is 17.8. The van der Waals surface area contributed by atoms with E-state index in [0.717, 1.165) is 45.3 Å². The van der Waals surface area contributed by atoms with Crippen molar-refractivity contribution >= 4 is 6.03 Å². The highest BCUT2D eigenvalue weighted by Gasteiger charge is 2.30. The van der Waals surface area contributed by atoms with Gasteiger partial charge in [-0.15, -0.1) is 0 Å². The Morgan fingerprint density at radius 3 is 2.40 bits per heavy atom. The molecule has 0 radical (unpaired) electrons. The van der Waals surface area contributed by atoms with Gasteiger partial charge in [0.15, 0.2) is 0 Å². The number of carbonyl (C=O) groups is 1. The maximum absolute atomic E-state index is 12.2. The quantitative estimate of drug-likeness (QED) is 0.883. The first kappa shape index (κ1) is 18.2. The molecule has 0 spiro atoms. The zero-order valence-electron chi connectivity index (χ0n) is 15.8. The molecule has 25 heavy (non-hydrogen) atoms. The summed E-state index contributed by atoms with van der Waals surface area (Å²) < 4.78 is 5.78. The van der Waals surface area contributed by atoms with E-state index in [1.54, 1.807) is 0 Å². The first-order valence-electron chi connectivity index (χ1n) is 9.73. The van der Waals surface area contributed by atoms with Gasteiger partial charge in [-0.3, -0.25) is 0 Å². The molecule has 2 saturated heterocycles. The molecular formula is C21H32N2O2. The van der Waals surface area contributed by atoms with Crippen LogP contribution in [0.15, 0.2) is 24.3 Å². The van der Waals surface area contributed by atoms with Crippen LogP contribution in [-0.4, -0.2) is 42.8 Å². The molecule has 0 bridgehead atoms. The van der Waals surface area contributed by atoms with Gasteiger partial charge in [0, 0.05) is 19.6 Å². The average Bonchev–Trinajstić information content (AvgIpc) is 2.51. The molecule has 2 unspecified atom stereocenters. The molecule has 2 heterocycles. The third-order valence-corrected chi connectivity index (χ3v) is 5.51. The number of hydrogen-bond acceptors (Lipinski definition) is 2. The normalized spacial score (nSPS) is 27.0. The summed E-state index contributed by atoms with van der Waals surface area (Å²) in [7, 11) is 0. The molecule has 4 heteroatoms. The number of nitrogens with one attached hydrogen (secondary N) is 1. The van der Waals surface area contributed by atoms with Crippen molar-refractivity contribution in [1.82, 2.24) is 10.2 Å². The molecule has 2 atom stereocenters. The SMILES string of the molecule is Cc1ccc(CC2CN(C(=O)NCCC3CC(C)OC(C)C3)C2)cc1. The molecule has 1 aromatic carbocycles. The van der Waals surface area contributed by atoms with Crippen LogP contribution in [0.1, 0.15) is 44.2 Å². The fraction of sp³-hybridized carbons (Fsp3) is 0.667. The Labute approximate surface area is 151 Å². The van der Waals surface area contributed by atoms with Gasteiger partial charge in [0.2, 0.25) is 0 Å². The predicted molar refractivity (Wildman–Crippen MR) is 101 cm³/mol. The van der Waals surface area contributed by atoms with Gasteiger partial charge in [0.25, 0.3) is 0 Å². The minimum absolute atomic E-state index is 0.105. The van der Waals surface area contributed by atoms with Crippen LogP contribution in [0, 0.1) is 18.8 Å². The van der Waals surface area contributed by atoms with Crippen molar-refractivity contribution in [1.29, 1.82) is 0 Å². The predicted octanol–water partition coefficient (Wildman–Crippen LogP) is 3.77. The molecule has 2 fully saturated rings. The Morgan fingerprint density at radius 2 is 1.76 bits per heavy atom. The molecule has 2 aliphatic rings. The molecule has 2 amide bonds.